The number of carbonyl (C=O) groups excluding carboxylic acids is 3. The van der Waals surface area contributed by atoms with E-state index >= 15 is 0 Å². The second-order valence-corrected chi connectivity index (χ2v) is 8.27. The van der Waals surface area contributed by atoms with Crippen molar-refractivity contribution >= 4 is 46.2 Å². The van der Waals surface area contributed by atoms with E-state index in [-0.39, 0.29) is 30.0 Å². The molecule has 0 saturated heterocycles. The molecule has 0 N–H and O–H groups in total. The van der Waals surface area contributed by atoms with Crippen molar-refractivity contribution in [1.82, 2.24) is 9.38 Å². The molecule has 33 heavy (non-hydrogen) atoms. The Kier molecular flexibility index (Phi) is 6.57. The average molecular weight is 483 g/mol. The highest BCUT2D eigenvalue weighted by Crippen LogP contribution is 2.31. The molecule has 0 aliphatic heterocycles. The van der Waals surface area contributed by atoms with E-state index in [0.29, 0.717) is 21.8 Å². The lowest BCUT2D eigenvalue weighted by Gasteiger charge is -2.07. The largest absolute Gasteiger partial charge is 0.462 e. The fraction of sp³-hybridized carbons (Fsp3) is 0.167. The Morgan fingerprint density at radius 3 is 2.27 bits per heavy atom. The van der Waals surface area contributed by atoms with Gasteiger partial charge in [-0.25, -0.2) is 14.6 Å². The molecule has 0 atom stereocenters. The van der Waals surface area contributed by atoms with Gasteiger partial charge < -0.3 is 9.47 Å². The van der Waals surface area contributed by atoms with Gasteiger partial charge >= 0.3 is 11.9 Å². The molecule has 0 fully saturated rings. The van der Waals surface area contributed by atoms with Gasteiger partial charge in [-0.2, -0.15) is 0 Å². The number of ketones is 1. The van der Waals surface area contributed by atoms with Gasteiger partial charge in [0.1, 0.15) is 23.1 Å². The number of nitrogens with zero attached hydrogens (tertiary/aromatic N) is 2. The monoisotopic (exact) mass is 482 g/mol. The Hall–Kier alpha value is -3.49. The molecule has 0 bridgehead atoms. The molecule has 1 aromatic carbocycles. The first-order valence-corrected chi connectivity index (χ1v) is 11.4. The molecule has 0 unspecified atom stereocenters. The van der Waals surface area contributed by atoms with E-state index in [4.69, 9.17) is 21.1 Å². The van der Waals surface area contributed by atoms with E-state index in [2.05, 4.69) is 4.98 Å². The zero-order valence-corrected chi connectivity index (χ0v) is 19.4. The van der Waals surface area contributed by atoms with Crippen LogP contribution in [0.4, 0.5) is 0 Å². The van der Waals surface area contributed by atoms with Crippen LogP contribution in [0.1, 0.15) is 50.6 Å². The minimum Gasteiger partial charge on any atom is -0.462 e. The molecule has 0 spiro atoms. The summed E-state index contributed by atoms with van der Waals surface area (Å²) < 4.78 is 11.9. The molecule has 168 valence electrons. The minimum absolute atomic E-state index is 0.0287. The Morgan fingerprint density at radius 2 is 1.67 bits per heavy atom. The third-order valence-corrected chi connectivity index (χ3v) is 6.03. The summed E-state index contributed by atoms with van der Waals surface area (Å²) in [6.45, 7) is 3.48. The molecule has 4 rings (SSSR count). The van der Waals surface area contributed by atoms with Gasteiger partial charge in [0.2, 0.25) is 5.78 Å². The number of halogens is 1. The normalized spacial score (nSPS) is 10.9. The van der Waals surface area contributed by atoms with Gasteiger partial charge in [-0.1, -0.05) is 17.7 Å². The van der Waals surface area contributed by atoms with Crippen LogP contribution in [0.25, 0.3) is 16.1 Å². The number of benzene rings is 1. The fourth-order valence-electron chi connectivity index (χ4n) is 3.49. The molecule has 3 heterocycles. The summed E-state index contributed by atoms with van der Waals surface area (Å²) >= 11 is 7.45. The van der Waals surface area contributed by atoms with Crippen molar-refractivity contribution < 1.29 is 23.9 Å². The Balaban J connectivity index is 2.04. The summed E-state index contributed by atoms with van der Waals surface area (Å²) in [7, 11) is 0. The van der Waals surface area contributed by atoms with Crippen LogP contribution in [0.3, 0.4) is 0 Å². The van der Waals surface area contributed by atoms with Gasteiger partial charge in [-0.05, 0) is 55.6 Å². The van der Waals surface area contributed by atoms with E-state index in [9.17, 15) is 14.4 Å². The van der Waals surface area contributed by atoms with Gasteiger partial charge in [0.25, 0.3) is 0 Å². The van der Waals surface area contributed by atoms with E-state index in [1.54, 1.807) is 44.2 Å². The van der Waals surface area contributed by atoms with Crippen LogP contribution in [-0.2, 0) is 9.47 Å². The molecule has 7 nitrogen and oxygen atoms in total. The van der Waals surface area contributed by atoms with Crippen LogP contribution in [0.2, 0.25) is 5.02 Å². The number of hydrogen-bond acceptors (Lipinski definition) is 7. The Labute approximate surface area is 198 Å². The third-order valence-electron chi connectivity index (χ3n) is 4.88. The summed E-state index contributed by atoms with van der Waals surface area (Å²) in [5.41, 5.74) is 1.00. The van der Waals surface area contributed by atoms with E-state index in [1.165, 1.54) is 22.1 Å². The van der Waals surface area contributed by atoms with Crippen LogP contribution >= 0.6 is 22.9 Å². The first-order valence-electron chi connectivity index (χ1n) is 10.2. The lowest BCUT2D eigenvalue weighted by Crippen LogP contribution is -2.16. The van der Waals surface area contributed by atoms with Crippen molar-refractivity contribution in [3.05, 3.63) is 81.6 Å². The summed E-state index contributed by atoms with van der Waals surface area (Å²) in [5, 5.41) is 2.37. The maximum Gasteiger partial charge on any atom is 0.341 e. The zero-order valence-electron chi connectivity index (χ0n) is 17.8. The number of rotatable bonds is 7. The molecular weight excluding hydrogens is 464 g/mol. The first kappa shape index (κ1) is 22.7. The summed E-state index contributed by atoms with van der Waals surface area (Å²) in [4.78, 5) is 44.9. The summed E-state index contributed by atoms with van der Waals surface area (Å²) in [5.74, 6) is -2.00. The van der Waals surface area contributed by atoms with E-state index in [0.717, 1.165) is 4.88 Å². The number of fused-ring (bicyclic) bond motifs is 1. The van der Waals surface area contributed by atoms with Gasteiger partial charge in [0.05, 0.1) is 29.3 Å². The highest BCUT2D eigenvalue weighted by Gasteiger charge is 2.34. The third kappa shape index (κ3) is 4.27. The van der Waals surface area contributed by atoms with Crippen LogP contribution in [0, 0.1) is 0 Å². The lowest BCUT2D eigenvalue weighted by atomic mass is 10.0. The second-order valence-electron chi connectivity index (χ2n) is 6.88. The number of aromatic nitrogens is 2. The van der Waals surface area contributed by atoms with Crippen molar-refractivity contribution in [3.63, 3.8) is 0 Å². The first-order chi connectivity index (χ1) is 16.0. The molecule has 0 saturated carbocycles. The number of ether oxygens (including phenoxy) is 2. The van der Waals surface area contributed by atoms with E-state index < -0.39 is 17.7 Å². The maximum absolute atomic E-state index is 13.6. The Bertz CT molecular complexity index is 1340. The average Bonchev–Trinajstić information content (AvgIpc) is 3.45. The van der Waals surface area contributed by atoms with E-state index in [1.807, 2.05) is 17.5 Å². The smallest absolute Gasteiger partial charge is 0.341 e. The predicted molar refractivity (Wildman–Crippen MR) is 125 cm³/mol. The van der Waals surface area contributed by atoms with Gasteiger partial charge in [0.15, 0.2) is 0 Å². The fourth-order valence-corrected chi connectivity index (χ4v) is 4.31. The predicted octanol–water partition coefficient (Wildman–Crippen LogP) is 5.30. The number of hydrogen-bond donors (Lipinski definition) is 0. The maximum atomic E-state index is 13.6. The van der Waals surface area contributed by atoms with Crippen LogP contribution < -0.4 is 0 Å². The zero-order chi connectivity index (χ0) is 23.5. The highest BCUT2D eigenvalue weighted by atomic mass is 35.5. The van der Waals surface area contributed by atoms with Gasteiger partial charge in [-0.3, -0.25) is 9.20 Å². The topological polar surface area (TPSA) is 87.0 Å². The van der Waals surface area contributed by atoms with Crippen molar-refractivity contribution in [2.45, 2.75) is 13.8 Å². The van der Waals surface area contributed by atoms with Crippen molar-refractivity contribution in [2.75, 3.05) is 13.2 Å². The SMILES string of the molecule is CCOC(=O)c1c(C(=O)OCC)c2cc(-c3cccs3)ncn2c1C(=O)c1ccc(Cl)cc1. The highest BCUT2D eigenvalue weighted by molar-refractivity contribution is 7.13. The second kappa shape index (κ2) is 9.56. The van der Waals surface area contributed by atoms with Crippen molar-refractivity contribution in [3.8, 4) is 10.6 Å². The van der Waals surface area contributed by atoms with Gasteiger partial charge in [0, 0.05) is 10.6 Å². The number of thiophene rings is 1. The molecule has 3 aromatic heterocycles. The van der Waals surface area contributed by atoms with Crippen LogP contribution in [0.15, 0.2) is 54.2 Å². The quantitative estimate of drug-likeness (QED) is 0.262. The van der Waals surface area contributed by atoms with Crippen LogP contribution in [-0.4, -0.2) is 40.3 Å². The molecule has 0 radical (unpaired) electrons. The molecule has 0 aliphatic rings. The van der Waals surface area contributed by atoms with Gasteiger partial charge in [-0.15, -0.1) is 11.3 Å². The van der Waals surface area contributed by atoms with Crippen LogP contribution in [0.5, 0.6) is 0 Å². The minimum atomic E-state index is -0.792. The standard InChI is InChI=1S/C24H19ClN2O5S/c1-3-31-23(29)19-17-12-16(18-6-5-11-33-18)26-13-27(17)21(20(19)24(30)32-4-2)22(28)14-7-9-15(25)10-8-14/h5-13H,3-4H2,1-2H3. The number of carbonyl (C=O) groups is 3. The summed E-state index contributed by atoms with van der Waals surface area (Å²) in [6, 6.07) is 11.7. The van der Waals surface area contributed by atoms with Crippen molar-refractivity contribution in [2.24, 2.45) is 0 Å². The molecule has 0 amide bonds. The molecule has 9 heteroatoms. The molecular formula is C24H19ClN2O5S. The van der Waals surface area contributed by atoms with Crippen molar-refractivity contribution in [1.29, 1.82) is 0 Å². The summed E-state index contributed by atoms with van der Waals surface area (Å²) in [6.07, 6.45) is 1.43. The number of esters is 2. The molecule has 4 aromatic rings. The Morgan fingerprint density at radius 1 is 1.00 bits per heavy atom. The molecule has 0 aliphatic carbocycles. The lowest BCUT2D eigenvalue weighted by molar-refractivity contribution is 0.0480.